The van der Waals surface area contributed by atoms with Crippen LogP contribution in [0.1, 0.15) is 25.7 Å². The predicted molar refractivity (Wildman–Crippen MR) is 113 cm³/mol. The normalized spacial score (nSPS) is 28.3. The monoisotopic (exact) mass is 473 g/mol. The summed E-state index contributed by atoms with van der Waals surface area (Å²) in [4.78, 5) is 4.42. The van der Waals surface area contributed by atoms with E-state index in [2.05, 4.69) is 15.6 Å². The summed E-state index contributed by atoms with van der Waals surface area (Å²) in [5, 5.41) is 7.05. The number of guanidine groups is 1. The van der Waals surface area contributed by atoms with Crippen LogP contribution in [0.5, 0.6) is 11.5 Å². The summed E-state index contributed by atoms with van der Waals surface area (Å²) in [6, 6.07) is 6.24. The Kier molecular flexibility index (Phi) is 5.86. The second-order valence-corrected chi connectivity index (χ2v) is 7.22. The number of aliphatic imine (C=N–C) groups is 1. The lowest BCUT2D eigenvalue weighted by molar-refractivity contribution is -0.171. The number of ether oxygens (including phenoxy) is 3. The van der Waals surface area contributed by atoms with E-state index >= 15 is 0 Å². The smallest absolute Gasteiger partial charge is 0.195 e. The van der Waals surface area contributed by atoms with Crippen LogP contribution in [0, 0.1) is 11.3 Å². The molecule has 0 radical (unpaired) electrons. The van der Waals surface area contributed by atoms with E-state index < -0.39 is 0 Å². The van der Waals surface area contributed by atoms with Crippen molar-refractivity contribution in [2.24, 2.45) is 16.3 Å². The number of halogens is 1. The standard InChI is InChI=1S/C19H27N3O3.HI/c1-20-18(21-12-5-6-14(23-2)15(11-12)24-3)22-16-13-7-10-25-17(13)19(16)8-4-9-19;/h5-6,11,13,16-17H,4,7-10H2,1-3H3,(H2,20,21,22);1H. The predicted octanol–water partition coefficient (Wildman–Crippen LogP) is 3.27. The minimum Gasteiger partial charge on any atom is -0.493 e. The topological polar surface area (TPSA) is 64.1 Å². The van der Waals surface area contributed by atoms with E-state index in [1.165, 1.54) is 19.3 Å². The molecule has 2 N–H and O–H groups in total. The lowest BCUT2D eigenvalue weighted by Crippen LogP contribution is -2.72. The van der Waals surface area contributed by atoms with Crippen molar-refractivity contribution in [3.63, 3.8) is 0 Å². The molecular weight excluding hydrogens is 445 g/mol. The Morgan fingerprint density at radius 3 is 2.62 bits per heavy atom. The highest BCUT2D eigenvalue weighted by Gasteiger charge is 2.66. The molecule has 1 aromatic carbocycles. The molecule has 26 heavy (non-hydrogen) atoms. The van der Waals surface area contributed by atoms with Gasteiger partial charge in [-0.05, 0) is 31.4 Å². The molecule has 1 aromatic rings. The number of fused-ring (bicyclic) bond motifs is 2. The van der Waals surface area contributed by atoms with Crippen molar-refractivity contribution < 1.29 is 14.2 Å². The van der Waals surface area contributed by atoms with Gasteiger partial charge in [-0.25, -0.2) is 0 Å². The fraction of sp³-hybridized carbons (Fsp3) is 0.632. The van der Waals surface area contributed by atoms with Gasteiger partial charge in [0.25, 0.3) is 0 Å². The highest BCUT2D eigenvalue weighted by Crippen LogP contribution is 2.62. The lowest BCUT2D eigenvalue weighted by Gasteiger charge is -2.63. The summed E-state index contributed by atoms with van der Waals surface area (Å²) < 4.78 is 16.7. The van der Waals surface area contributed by atoms with Crippen LogP contribution in [-0.4, -0.2) is 46.0 Å². The Labute approximate surface area is 172 Å². The molecular formula is C19H28IN3O3. The van der Waals surface area contributed by atoms with Crippen molar-refractivity contribution in [1.82, 2.24) is 5.32 Å². The number of rotatable bonds is 4. The Morgan fingerprint density at radius 2 is 2.00 bits per heavy atom. The molecule has 3 atom stereocenters. The molecule has 6 nitrogen and oxygen atoms in total. The molecule has 2 saturated carbocycles. The number of hydrogen-bond donors (Lipinski definition) is 2. The number of benzene rings is 1. The summed E-state index contributed by atoms with van der Waals surface area (Å²) in [7, 11) is 5.09. The molecule has 7 heteroatoms. The van der Waals surface area contributed by atoms with Crippen molar-refractivity contribution in [3.8, 4) is 11.5 Å². The van der Waals surface area contributed by atoms with Crippen LogP contribution in [0.2, 0.25) is 0 Å². The average Bonchev–Trinajstić information content (AvgIpc) is 3.02. The third kappa shape index (κ3) is 3.02. The van der Waals surface area contributed by atoms with E-state index in [1.807, 2.05) is 25.2 Å². The van der Waals surface area contributed by atoms with E-state index in [0.29, 0.717) is 35.0 Å². The van der Waals surface area contributed by atoms with Crippen LogP contribution < -0.4 is 20.1 Å². The molecule has 4 rings (SSSR count). The zero-order chi connectivity index (χ0) is 17.4. The molecule has 3 aliphatic rings. The van der Waals surface area contributed by atoms with Crippen molar-refractivity contribution in [2.45, 2.75) is 37.8 Å². The third-order valence-corrected chi connectivity index (χ3v) is 6.20. The summed E-state index contributed by atoms with van der Waals surface area (Å²) in [6.45, 7) is 0.900. The maximum absolute atomic E-state index is 6.00. The van der Waals surface area contributed by atoms with Crippen molar-refractivity contribution >= 4 is 35.6 Å². The summed E-state index contributed by atoms with van der Waals surface area (Å²) in [6.07, 6.45) is 5.44. The first-order valence-corrected chi connectivity index (χ1v) is 9.06. The minimum absolute atomic E-state index is 0. The second-order valence-electron chi connectivity index (χ2n) is 7.22. The van der Waals surface area contributed by atoms with Gasteiger partial charge < -0.3 is 24.8 Å². The number of anilines is 1. The number of methoxy groups -OCH3 is 2. The van der Waals surface area contributed by atoms with Gasteiger partial charge >= 0.3 is 0 Å². The van der Waals surface area contributed by atoms with Gasteiger partial charge in [0.15, 0.2) is 17.5 Å². The van der Waals surface area contributed by atoms with Gasteiger partial charge in [0.05, 0.1) is 20.3 Å². The fourth-order valence-electron chi connectivity index (χ4n) is 4.81. The van der Waals surface area contributed by atoms with Crippen LogP contribution in [0.3, 0.4) is 0 Å². The maximum atomic E-state index is 6.00. The maximum Gasteiger partial charge on any atom is 0.195 e. The zero-order valence-electron chi connectivity index (χ0n) is 15.6. The summed E-state index contributed by atoms with van der Waals surface area (Å²) >= 11 is 0. The van der Waals surface area contributed by atoms with E-state index in [0.717, 1.165) is 24.7 Å². The van der Waals surface area contributed by atoms with Gasteiger partial charge in [-0.2, -0.15) is 0 Å². The second kappa shape index (κ2) is 7.80. The van der Waals surface area contributed by atoms with Crippen LogP contribution in [-0.2, 0) is 4.74 Å². The van der Waals surface area contributed by atoms with E-state index in [9.17, 15) is 0 Å². The highest BCUT2D eigenvalue weighted by molar-refractivity contribution is 14.0. The first kappa shape index (κ1) is 19.5. The molecule has 3 fully saturated rings. The van der Waals surface area contributed by atoms with Gasteiger partial charge in [-0.3, -0.25) is 4.99 Å². The largest absolute Gasteiger partial charge is 0.493 e. The van der Waals surface area contributed by atoms with Crippen molar-refractivity contribution in [1.29, 1.82) is 0 Å². The summed E-state index contributed by atoms with van der Waals surface area (Å²) in [5.41, 5.74) is 1.25. The Balaban J connectivity index is 0.00000196. The third-order valence-electron chi connectivity index (χ3n) is 6.20. The van der Waals surface area contributed by atoms with E-state index in [1.54, 1.807) is 14.2 Å². The van der Waals surface area contributed by atoms with Crippen molar-refractivity contribution in [2.75, 3.05) is 33.2 Å². The van der Waals surface area contributed by atoms with Crippen LogP contribution >= 0.6 is 24.0 Å². The fourth-order valence-corrected chi connectivity index (χ4v) is 4.81. The molecule has 1 aliphatic heterocycles. The Hall–Kier alpha value is -1.22. The van der Waals surface area contributed by atoms with Gasteiger partial charge in [-0.1, -0.05) is 6.42 Å². The molecule has 0 amide bonds. The quantitative estimate of drug-likeness (QED) is 0.400. The SMILES string of the molecule is CN=C(Nc1ccc(OC)c(OC)c1)NC1C2CCOC2C12CCC2.I. The molecule has 1 spiro atoms. The van der Waals surface area contributed by atoms with E-state index in [-0.39, 0.29) is 24.0 Å². The van der Waals surface area contributed by atoms with Crippen LogP contribution in [0.15, 0.2) is 23.2 Å². The van der Waals surface area contributed by atoms with E-state index in [4.69, 9.17) is 14.2 Å². The number of hydrogen-bond acceptors (Lipinski definition) is 4. The first-order valence-electron chi connectivity index (χ1n) is 9.06. The molecule has 2 aliphatic carbocycles. The van der Waals surface area contributed by atoms with Crippen LogP contribution in [0.4, 0.5) is 5.69 Å². The van der Waals surface area contributed by atoms with Crippen LogP contribution in [0.25, 0.3) is 0 Å². The molecule has 1 saturated heterocycles. The minimum atomic E-state index is 0. The molecule has 144 valence electrons. The van der Waals surface area contributed by atoms with Crippen molar-refractivity contribution in [3.05, 3.63) is 18.2 Å². The van der Waals surface area contributed by atoms with Gasteiger partial charge in [0, 0.05) is 42.8 Å². The molecule has 0 aromatic heterocycles. The first-order chi connectivity index (χ1) is 12.2. The molecule has 3 unspecified atom stereocenters. The highest BCUT2D eigenvalue weighted by atomic mass is 127. The van der Waals surface area contributed by atoms with Gasteiger partial charge in [0.1, 0.15) is 0 Å². The average molecular weight is 473 g/mol. The Bertz CT molecular complexity index is 678. The Morgan fingerprint density at radius 1 is 1.23 bits per heavy atom. The van der Waals surface area contributed by atoms with Gasteiger partial charge in [-0.15, -0.1) is 24.0 Å². The zero-order valence-corrected chi connectivity index (χ0v) is 17.9. The lowest BCUT2D eigenvalue weighted by atomic mass is 9.46. The summed E-state index contributed by atoms with van der Waals surface area (Å²) in [5.74, 6) is 2.83. The molecule has 0 bridgehead atoms. The molecule has 1 heterocycles. The number of nitrogens with zero attached hydrogens (tertiary/aromatic N) is 1. The number of nitrogens with one attached hydrogen (secondary N) is 2. The van der Waals surface area contributed by atoms with Gasteiger partial charge in [0.2, 0.25) is 0 Å².